The topological polar surface area (TPSA) is 84.7 Å². The summed E-state index contributed by atoms with van der Waals surface area (Å²) in [5.41, 5.74) is 0.984. The number of aromatic nitrogens is 4. The molecular weight excluding hydrogens is 354 g/mol. The summed E-state index contributed by atoms with van der Waals surface area (Å²) in [5.74, 6) is 0.707. The second-order valence-electron chi connectivity index (χ2n) is 6.07. The van der Waals surface area contributed by atoms with E-state index < -0.39 is 11.2 Å². The summed E-state index contributed by atoms with van der Waals surface area (Å²) in [5, 5.41) is 3.95. The van der Waals surface area contributed by atoms with Gasteiger partial charge in [0.25, 0.3) is 5.56 Å². The molecule has 26 heavy (non-hydrogen) atoms. The molecule has 0 bridgehead atoms. The summed E-state index contributed by atoms with van der Waals surface area (Å²) in [6, 6.07) is 7.37. The first-order valence-electron chi connectivity index (χ1n) is 8.76. The molecule has 0 aliphatic heterocycles. The van der Waals surface area contributed by atoms with Gasteiger partial charge in [-0.2, -0.15) is 0 Å². The zero-order chi connectivity index (χ0) is 18.7. The van der Waals surface area contributed by atoms with Crippen molar-refractivity contribution >= 4 is 28.5 Å². The minimum Gasteiger partial charge on any atom is -0.378 e. The molecule has 0 saturated carbocycles. The van der Waals surface area contributed by atoms with Gasteiger partial charge < -0.3 is 9.88 Å². The van der Waals surface area contributed by atoms with Crippen molar-refractivity contribution in [1.82, 2.24) is 19.1 Å². The average molecular weight is 376 g/mol. The van der Waals surface area contributed by atoms with Gasteiger partial charge in [-0.25, -0.2) is 9.78 Å². The molecule has 0 amide bonds. The highest BCUT2D eigenvalue weighted by molar-refractivity contribution is 6.30. The lowest BCUT2D eigenvalue weighted by Gasteiger charge is -2.08. The maximum absolute atomic E-state index is 12.4. The van der Waals surface area contributed by atoms with Crippen LogP contribution in [0, 0.1) is 0 Å². The van der Waals surface area contributed by atoms with E-state index in [4.69, 9.17) is 11.6 Å². The SMILES string of the molecule is CCCCn1c(=O)[nH]c(=O)c2c1nc(CNc1ccc(Cl)cc1)n2CC. The van der Waals surface area contributed by atoms with Gasteiger partial charge in [0, 0.05) is 23.8 Å². The number of rotatable bonds is 7. The lowest BCUT2D eigenvalue weighted by molar-refractivity contribution is 0.613. The molecule has 0 spiro atoms. The fourth-order valence-corrected chi connectivity index (χ4v) is 3.09. The van der Waals surface area contributed by atoms with Crippen LogP contribution in [0.4, 0.5) is 5.69 Å². The molecule has 2 heterocycles. The normalized spacial score (nSPS) is 11.2. The average Bonchev–Trinajstić information content (AvgIpc) is 3.00. The van der Waals surface area contributed by atoms with Gasteiger partial charge in [-0.1, -0.05) is 24.9 Å². The molecule has 7 nitrogen and oxygen atoms in total. The van der Waals surface area contributed by atoms with Crippen LogP contribution >= 0.6 is 11.6 Å². The minimum atomic E-state index is -0.408. The van der Waals surface area contributed by atoms with Crippen molar-refractivity contribution in [2.75, 3.05) is 5.32 Å². The van der Waals surface area contributed by atoms with E-state index in [1.165, 1.54) is 0 Å². The van der Waals surface area contributed by atoms with E-state index in [0.717, 1.165) is 18.5 Å². The van der Waals surface area contributed by atoms with Gasteiger partial charge in [0.1, 0.15) is 5.82 Å². The highest BCUT2D eigenvalue weighted by atomic mass is 35.5. The lowest BCUT2D eigenvalue weighted by atomic mass is 10.3. The molecule has 0 aliphatic rings. The maximum Gasteiger partial charge on any atom is 0.330 e. The van der Waals surface area contributed by atoms with Crippen molar-refractivity contribution in [1.29, 1.82) is 0 Å². The number of nitrogens with one attached hydrogen (secondary N) is 2. The highest BCUT2D eigenvalue weighted by Crippen LogP contribution is 2.16. The Labute approximate surface area is 155 Å². The van der Waals surface area contributed by atoms with Crippen molar-refractivity contribution in [2.45, 2.75) is 46.3 Å². The number of fused-ring (bicyclic) bond motifs is 1. The van der Waals surface area contributed by atoms with Crippen LogP contribution in [0.15, 0.2) is 33.9 Å². The molecule has 0 unspecified atom stereocenters. The van der Waals surface area contributed by atoms with Gasteiger partial charge >= 0.3 is 5.69 Å². The lowest BCUT2D eigenvalue weighted by Crippen LogP contribution is -2.31. The highest BCUT2D eigenvalue weighted by Gasteiger charge is 2.17. The Hall–Kier alpha value is -2.54. The van der Waals surface area contributed by atoms with Crippen LogP contribution in [-0.2, 0) is 19.6 Å². The quantitative estimate of drug-likeness (QED) is 0.664. The van der Waals surface area contributed by atoms with Gasteiger partial charge in [-0.3, -0.25) is 14.3 Å². The summed E-state index contributed by atoms with van der Waals surface area (Å²) >= 11 is 5.91. The molecule has 3 rings (SSSR count). The third kappa shape index (κ3) is 3.53. The predicted octanol–water partition coefficient (Wildman–Crippen LogP) is 2.97. The first kappa shape index (κ1) is 18.3. The Bertz CT molecular complexity index is 1020. The zero-order valence-corrected chi connectivity index (χ0v) is 15.6. The number of aryl methyl sites for hydroxylation is 2. The number of halogens is 1. The Kier molecular flexibility index (Phi) is 5.46. The van der Waals surface area contributed by atoms with Gasteiger partial charge in [-0.05, 0) is 37.6 Å². The van der Waals surface area contributed by atoms with Crippen LogP contribution in [-0.4, -0.2) is 19.1 Å². The van der Waals surface area contributed by atoms with E-state index in [0.29, 0.717) is 41.6 Å². The second kappa shape index (κ2) is 7.78. The fraction of sp³-hybridized carbons (Fsp3) is 0.389. The summed E-state index contributed by atoms with van der Waals surface area (Å²) in [7, 11) is 0. The Morgan fingerprint density at radius 2 is 1.88 bits per heavy atom. The second-order valence-corrected chi connectivity index (χ2v) is 6.51. The Morgan fingerprint density at radius 1 is 1.15 bits per heavy atom. The van der Waals surface area contributed by atoms with Crippen LogP contribution in [0.2, 0.25) is 5.02 Å². The van der Waals surface area contributed by atoms with Crippen LogP contribution in [0.5, 0.6) is 0 Å². The zero-order valence-electron chi connectivity index (χ0n) is 14.9. The molecule has 2 aromatic heterocycles. The van der Waals surface area contributed by atoms with E-state index in [1.807, 2.05) is 23.6 Å². The molecule has 0 fully saturated rings. The summed E-state index contributed by atoms with van der Waals surface area (Å²) < 4.78 is 3.40. The molecule has 1 aromatic carbocycles. The van der Waals surface area contributed by atoms with Gasteiger partial charge in [-0.15, -0.1) is 0 Å². The summed E-state index contributed by atoms with van der Waals surface area (Å²) in [4.78, 5) is 31.6. The number of nitrogens with zero attached hydrogens (tertiary/aromatic N) is 3. The molecule has 0 aliphatic carbocycles. The Balaban J connectivity index is 2.02. The van der Waals surface area contributed by atoms with E-state index in [1.54, 1.807) is 16.7 Å². The molecule has 3 aromatic rings. The first-order chi connectivity index (χ1) is 12.5. The summed E-state index contributed by atoms with van der Waals surface area (Å²) in [6.45, 7) is 5.57. The van der Waals surface area contributed by atoms with E-state index >= 15 is 0 Å². The number of hydrogen-bond donors (Lipinski definition) is 2. The third-order valence-corrected chi connectivity index (χ3v) is 4.56. The van der Waals surface area contributed by atoms with Crippen molar-refractivity contribution in [3.05, 3.63) is 56.0 Å². The maximum atomic E-state index is 12.4. The van der Waals surface area contributed by atoms with Gasteiger partial charge in [0.15, 0.2) is 11.2 Å². The minimum absolute atomic E-state index is 0.398. The number of benzene rings is 1. The van der Waals surface area contributed by atoms with Crippen molar-refractivity contribution in [3.8, 4) is 0 Å². The number of anilines is 1. The molecule has 2 N–H and O–H groups in total. The van der Waals surface area contributed by atoms with E-state index in [2.05, 4.69) is 22.2 Å². The monoisotopic (exact) mass is 375 g/mol. The first-order valence-corrected chi connectivity index (χ1v) is 9.14. The van der Waals surface area contributed by atoms with E-state index in [-0.39, 0.29) is 0 Å². The van der Waals surface area contributed by atoms with Crippen LogP contribution in [0.3, 0.4) is 0 Å². The van der Waals surface area contributed by atoms with Crippen molar-refractivity contribution in [2.24, 2.45) is 0 Å². The molecule has 138 valence electrons. The summed E-state index contributed by atoms with van der Waals surface area (Å²) in [6.07, 6.45) is 1.80. The third-order valence-electron chi connectivity index (χ3n) is 4.31. The van der Waals surface area contributed by atoms with Gasteiger partial charge in [0.05, 0.1) is 6.54 Å². The predicted molar refractivity (Wildman–Crippen MR) is 104 cm³/mol. The standard InChI is InChI=1S/C18H22ClN5O2/c1-3-5-10-24-16-15(17(25)22-18(24)26)23(4-2)14(21-16)11-20-13-8-6-12(19)7-9-13/h6-9,20H,3-5,10-11H2,1-2H3,(H,22,25,26). The van der Waals surface area contributed by atoms with Crippen molar-refractivity contribution < 1.29 is 0 Å². The molecule has 8 heteroatoms. The molecule has 0 atom stereocenters. The number of hydrogen-bond acceptors (Lipinski definition) is 4. The largest absolute Gasteiger partial charge is 0.378 e. The van der Waals surface area contributed by atoms with Gasteiger partial charge in [0.2, 0.25) is 0 Å². The molecular formula is C18H22ClN5O2. The smallest absolute Gasteiger partial charge is 0.330 e. The van der Waals surface area contributed by atoms with Crippen LogP contribution < -0.4 is 16.6 Å². The van der Waals surface area contributed by atoms with E-state index in [9.17, 15) is 9.59 Å². The number of unbranched alkanes of at least 4 members (excludes halogenated alkanes) is 1. The Morgan fingerprint density at radius 3 is 2.54 bits per heavy atom. The van der Waals surface area contributed by atoms with Crippen molar-refractivity contribution in [3.63, 3.8) is 0 Å². The number of H-pyrrole nitrogens is 1. The molecule has 0 radical (unpaired) electrons. The fourth-order valence-electron chi connectivity index (χ4n) is 2.97. The number of aromatic amines is 1. The van der Waals surface area contributed by atoms with Crippen LogP contribution in [0.25, 0.3) is 11.2 Å². The number of imidazole rings is 1. The molecule has 0 saturated heterocycles. The van der Waals surface area contributed by atoms with Crippen LogP contribution in [0.1, 0.15) is 32.5 Å².